The summed E-state index contributed by atoms with van der Waals surface area (Å²) in [5.41, 5.74) is 1.11. The zero-order valence-corrected chi connectivity index (χ0v) is 8.58. The minimum absolute atomic E-state index is 0.542. The van der Waals surface area contributed by atoms with Crippen molar-refractivity contribution in [3.05, 3.63) is 18.0 Å². The molecule has 13 heavy (non-hydrogen) atoms. The van der Waals surface area contributed by atoms with E-state index >= 15 is 0 Å². The molecule has 0 aliphatic rings. The molecule has 0 spiro atoms. The van der Waals surface area contributed by atoms with E-state index in [1.807, 2.05) is 0 Å². The van der Waals surface area contributed by atoms with Gasteiger partial charge in [0.2, 0.25) is 0 Å². The molecular formula is C10H18N2O. The van der Waals surface area contributed by atoms with Gasteiger partial charge in [0.15, 0.2) is 0 Å². The Kier molecular flexibility index (Phi) is 3.96. The molecule has 0 aliphatic heterocycles. The smallest absolute Gasteiger partial charge is 0.128 e. The Morgan fingerprint density at radius 3 is 2.85 bits per heavy atom. The van der Waals surface area contributed by atoms with Crippen LogP contribution in [0.4, 0.5) is 0 Å². The van der Waals surface area contributed by atoms with Crippen LogP contribution in [0.15, 0.2) is 17.0 Å². The van der Waals surface area contributed by atoms with E-state index in [9.17, 15) is 0 Å². The first-order valence-electron chi connectivity index (χ1n) is 4.85. The lowest BCUT2D eigenvalue weighted by Gasteiger charge is -2.19. The SMILES string of the molecule is CCC(C)C(C)NCc1cnoc1. The summed E-state index contributed by atoms with van der Waals surface area (Å²) in [6.45, 7) is 7.52. The van der Waals surface area contributed by atoms with Gasteiger partial charge in [-0.15, -0.1) is 0 Å². The molecule has 0 saturated heterocycles. The van der Waals surface area contributed by atoms with Crippen molar-refractivity contribution in [2.24, 2.45) is 5.92 Å². The fraction of sp³-hybridized carbons (Fsp3) is 0.700. The molecule has 0 amide bonds. The second kappa shape index (κ2) is 5.02. The number of aromatic nitrogens is 1. The van der Waals surface area contributed by atoms with Gasteiger partial charge in [0, 0.05) is 18.2 Å². The van der Waals surface area contributed by atoms with Crippen molar-refractivity contribution in [3.8, 4) is 0 Å². The summed E-state index contributed by atoms with van der Waals surface area (Å²) >= 11 is 0. The Morgan fingerprint density at radius 1 is 1.54 bits per heavy atom. The van der Waals surface area contributed by atoms with Crippen molar-refractivity contribution in [3.63, 3.8) is 0 Å². The van der Waals surface area contributed by atoms with Gasteiger partial charge >= 0.3 is 0 Å². The average molecular weight is 182 g/mol. The monoisotopic (exact) mass is 182 g/mol. The lowest BCUT2D eigenvalue weighted by molar-refractivity contribution is 0.387. The summed E-state index contributed by atoms with van der Waals surface area (Å²) in [6, 6.07) is 0.542. The molecule has 1 aromatic heterocycles. The van der Waals surface area contributed by atoms with Crippen LogP contribution in [0, 0.1) is 5.92 Å². The standard InChI is InChI=1S/C10H18N2O/c1-4-8(2)9(3)11-5-10-6-12-13-7-10/h6-9,11H,4-5H2,1-3H3. The van der Waals surface area contributed by atoms with Crippen LogP contribution >= 0.6 is 0 Å². The summed E-state index contributed by atoms with van der Waals surface area (Å²) < 4.78 is 4.74. The second-order valence-electron chi connectivity index (χ2n) is 3.59. The van der Waals surface area contributed by atoms with Crippen molar-refractivity contribution in [2.45, 2.75) is 39.8 Å². The lowest BCUT2D eigenvalue weighted by Crippen LogP contribution is -2.31. The molecular weight excluding hydrogens is 164 g/mol. The maximum absolute atomic E-state index is 4.74. The van der Waals surface area contributed by atoms with Crippen LogP contribution in [0.1, 0.15) is 32.8 Å². The lowest BCUT2D eigenvalue weighted by atomic mass is 10.0. The number of nitrogens with zero attached hydrogens (tertiary/aromatic N) is 1. The van der Waals surface area contributed by atoms with Gasteiger partial charge in [-0.25, -0.2) is 0 Å². The first kappa shape index (κ1) is 10.3. The molecule has 0 radical (unpaired) electrons. The number of rotatable bonds is 5. The molecule has 1 rings (SSSR count). The van der Waals surface area contributed by atoms with E-state index in [0.29, 0.717) is 12.0 Å². The van der Waals surface area contributed by atoms with Gasteiger partial charge in [-0.05, 0) is 12.8 Å². The summed E-state index contributed by atoms with van der Waals surface area (Å²) in [6.07, 6.45) is 4.63. The molecule has 1 heterocycles. The summed E-state index contributed by atoms with van der Waals surface area (Å²) in [5.74, 6) is 0.708. The topological polar surface area (TPSA) is 38.1 Å². The van der Waals surface area contributed by atoms with Crippen LogP contribution in [-0.4, -0.2) is 11.2 Å². The average Bonchev–Trinajstić information content (AvgIpc) is 2.65. The van der Waals surface area contributed by atoms with Crippen LogP contribution in [0.3, 0.4) is 0 Å². The van der Waals surface area contributed by atoms with E-state index < -0.39 is 0 Å². The summed E-state index contributed by atoms with van der Waals surface area (Å²) in [7, 11) is 0. The Labute approximate surface area is 79.5 Å². The minimum atomic E-state index is 0.542. The largest absolute Gasteiger partial charge is 0.364 e. The highest BCUT2D eigenvalue weighted by molar-refractivity contribution is 4.99. The molecule has 3 nitrogen and oxygen atoms in total. The number of nitrogens with one attached hydrogen (secondary N) is 1. The molecule has 3 heteroatoms. The van der Waals surface area contributed by atoms with Crippen LogP contribution in [0.2, 0.25) is 0 Å². The molecule has 2 atom stereocenters. The van der Waals surface area contributed by atoms with E-state index in [4.69, 9.17) is 4.52 Å². The van der Waals surface area contributed by atoms with E-state index in [-0.39, 0.29) is 0 Å². The van der Waals surface area contributed by atoms with E-state index in [1.54, 1.807) is 12.5 Å². The summed E-state index contributed by atoms with van der Waals surface area (Å²) in [5, 5.41) is 7.09. The van der Waals surface area contributed by atoms with Crippen molar-refractivity contribution in [1.29, 1.82) is 0 Å². The predicted molar refractivity (Wildman–Crippen MR) is 52.3 cm³/mol. The number of hydrogen-bond acceptors (Lipinski definition) is 3. The van der Waals surface area contributed by atoms with Crippen molar-refractivity contribution in [1.82, 2.24) is 10.5 Å². The molecule has 0 bridgehead atoms. The van der Waals surface area contributed by atoms with Crippen molar-refractivity contribution < 1.29 is 4.52 Å². The van der Waals surface area contributed by atoms with E-state index in [1.165, 1.54) is 6.42 Å². The van der Waals surface area contributed by atoms with Crippen molar-refractivity contribution in [2.75, 3.05) is 0 Å². The molecule has 0 fully saturated rings. The van der Waals surface area contributed by atoms with Gasteiger partial charge in [-0.3, -0.25) is 0 Å². The van der Waals surface area contributed by atoms with Crippen molar-refractivity contribution >= 4 is 0 Å². The van der Waals surface area contributed by atoms with Gasteiger partial charge < -0.3 is 9.84 Å². The predicted octanol–water partition coefficient (Wildman–Crippen LogP) is 2.20. The molecule has 1 aromatic rings. The van der Waals surface area contributed by atoms with Crippen LogP contribution < -0.4 is 5.32 Å². The van der Waals surface area contributed by atoms with Crippen LogP contribution in [-0.2, 0) is 6.54 Å². The third-order valence-corrected chi connectivity index (χ3v) is 2.61. The highest BCUT2D eigenvalue weighted by atomic mass is 16.5. The Balaban J connectivity index is 2.26. The van der Waals surface area contributed by atoms with E-state index in [0.717, 1.165) is 12.1 Å². The van der Waals surface area contributed by atoms with Gasteiger partial charge in [0.25, 0.3) is 0 Å². The fourth-order valence-corrected chi connectivity index (χ4v) is 1.15. The van der Waals surface area contributed by atoms with Gasteiger partial charge in [-0.1, -0.05) is 25.4 Å². The Morgan fingerprint density at radius 2 is 2.31 bits per heavy atom. The molecule has 0 saturated carbocycles. The third kappa shape index (κ3) is 3.19. The van der Waals surface area contributed by atoms with Gasteiger partial charge in [0.1, 0.15) is 6.26 Å². The van der Waals surface area contributed by atoms with Gasteiger partial charge in [-0.2, -0.15) is 0 Å². The van der Waals surface area contributed by atoms with Gasteiger partial charge in [0.05, 0.1) is 6.20 Å². The second-order valence-corrected chi connectivity index (χ2v) is 3.59. The Hall–Kier alpha value is -0.830. The number of hydrogen-bond donors (Lipinski definition) is 1. The first-order valence-corrected chi connectivity index (χ1v) is 4.85. The summed E-state index contributed by atoms with van der Waals surface area (Å²) in [4.78, 5) is 0. The first-order chi connectivity index (χ1) is 6.24. The highest BCUT2D eigenvalue weighted by Crippen LogP contribution is 2.07. The molecule has 1 N–H and O–H groups in total. The highest BCUT2D eigenvalue weighted by Gasteiger charge is 2.09. The normalized spacial score (nSPS) is 15.6. The third-order valence-electron chi connectivity index (χ3n) is 2.61. The maximum atomic E-state index is 4.74. The molecule has 0 aromatic carbocycles. The zero-order valence-electron chi connectivity index (χ0n) is 8.58. The van der Waals surface area contributed by atoms with E-state index in [2.05, 4.69) is 31.2 Å². The van der Waals surface area contributed by atoms with Crippen LogP contribution in [0.5, 0.6) is 0 Å². The molecule has 2 unspecified atom stereocenters. The molecule has 74 valence electrons. The quantitative estimate of drug-likeness (QED) is 0.758. The minimum Gasteiger partial charge on any atom is -0.364 e. The Bertz CT molecular complexity index is 221. The van der Waals surface area contributed by atoms with Crippen LogP contribution in [0.25, 0.3) is 0 Å². The zero-order chi connectivity index (χ0) is 9.68. The maximum Gasteiger partial charge on any atom is 0.128 e. The molecule has 0 aliphatic carbocycles. The fourth-order valence-electron chi connectivity index (χ4n) is 1.15.